The van der Waals surface area contributed by atoms with Gasteiger partial charge in [0.2, 0.25) is 11.5 Å². The van der Waals surface area contributed by atoms with Gasteiger partial charge in [-0.05, 0) is 23.6 Å². The number of pyridine rings is 1. The van der Waals surface area contributed by atoms with Crippen molar-refractivity contribution in [3.8, 4) is 0 Å². The van der Waals surface area contributed by atoms with Crippen LogP contribution in [0, 0.1) is 10.1 Å². The minimum Gasteiger partial charge on any atom is -0.343 e. The summed E-state index contributed by atoms with van der Waals surface area (Å²) in [6.07, 6.45) is 0.748. The maximum absolute atomic E-state index is 12.7. The van der Waals surface area contributed by atoms with Crippen LogP contribution in [-0.2, 0) is 17.8 Å². The lowest BCUT2D eigenvalue weighted by Crippen LogP contribution is -2.42. The standard InChI is InChI=1S/C21H18N4O5/c26-19-10-17(16-9-15(25(29)30)5-6-18(16)23-19)21(28)22-11-20(27)24-8-7-13-3-1-2-4-14(13)12-24/h1-6,9-10H,7-8,11-12H2,(H,22,28)(H,23,26). The molecule has 1 aliphatic heterocycles. The number of amides is 2. The molecule has 1 aromatic heterocycles. The number of nitro groups is 1. The molecule has 4 rings (SSSR count). The number of benzene rings is 2. The molecule has 2 amide bonds. The number of aromatic amines is 1. The fraction of sp³-hybridized carbons (Fsp3) is 0.190. The van der Waals surface area contributed by atoms with Crippen molar-refractivity contribution < 1.29 is 14.5 Å². The number of rotatable bonds is 4. The van der Waals surface area contributed by atoms with Gasteiger partial charge in [-0.2, -0.15) is 0 Å². The molecule has 2 aromatic carbocycles. The second-order valence-electron chi connectivity index (χ2n) is 7.05. The number of hydrogen-bond donors (Lipinski definition) is 2. The Morgan fingerprint density at radius 3 is 2.67 bits per heavy atom. The summed E-state index contributed by atoms with van der Waals surface area (Å²) in [7, 11) is 0. The van der Waals surface area contributed by atoms with E-state index in [0.29, 0.717) is 18.6 Å². The summed E-state index contributed by atoms with van der Waals surface area (Å²) in [5.74, 6) is -0.879. The molecule has 2 N–H and O–H groups in total. The SMILES string of the molecule is O=C(NCC(=O)N1CCc2ccccc2C1)c1cc(=O)[nH]c2ccc([N+](=O)[O-])cc12. The average Bonchev–Trinajstić information content (AvgIpc) is 2.75. The molecule has 0 aliphatic carbocycles. The Kier molecular flexibility index (Phi) is 5.01. The molecule has 0 radical (unpaired) electrons. The van der Waals surface area contributed by atoms with Crippen LogP contribution in [0.5, 0.6) is 0 Å². The van der Waals surface area contributed by atoms with E-state index in [4.69, 9.17) is 0 Å². The molecular weight excluding hydrogens is 388 g/mol. The van der Waals surface area contributed by atoms with Gasteiger partial charge in [-0.15, -0.1) is 0 Å². The van der Waals surface area contributed by atoms with Gasteiger partial charge in [0.05, 0.1) is 17.0 Å². The lowest BCUT2D eigenvalue weighted by molar-refractivity contribution is -0.384. The summed E-state index contributed by atoms with van der Waals surface area (Å²) in [6, 6.07) is 12.8. The van der Waals surface area contributed by atoms with Crippen LogP contribution < -0.4 is 10.9 Å². The van der Waals surface area contributed by atoms with Crippen LogP contribution in [0.1, 0.15) is 21.5 Å². The smallest absolute Gasteiger partial charge is 0.270 e. The number of nitro benzene ring substituents is 1. The Hall–Kier alpha value is -4.01. The highest BCUT2D eigenvalue weighted by Gasteiger charge is 2.21. The highest BCUT2D eigenvalue weighted by atomic mass is 16.6. The zero-order chi connectivity index (χ0) is 21.3. The van der Waals surface area contributed by atoms with Crippen molar-refractivity contribution >= 4 is 28.4 Å². The molecule has 1 aliphatic rings. The van der Waals surface area contributed by atoms with Crippen LogP contribution in [0.4, 0.5) is 5.69 Å². The first-order chi connectivity index (χ1) is 14.4. The summed E-state index contributed by atoms with van der Waals surface area (Å²) in [5.41, 5.74) is 1.86. The van der Waals surface area contributed by atoms with E-state index in [0.717, 1.165) is 18.1 Å². The molecule has 0 saturated carbocycles. The maximum Gasteiger partial charge on any atom is 0.270 e. The minimum absolute atomic E-state index is 0.0192. The quantitative estimate of drug-likeness (QED) is 0.504. The van der Waals surface area contributed by atoms with Crippen molar-refractivity contribution in [3.05, 3.63) is 85.7 Å². The number of aromatic nitrogens is 1. The number of carbonyl (C=O) groups excluding carboxylic acids is 2. The van der Waals surface area contributed by atoms with Crippen LogP contribution in [0.15, 0.2) is 53.3 Å². The molecule has 152 valence electrons. The molecule has 3 aromatic rings. The molecular formula is C21H18N4O5. The van der Waals surface area contributed by atoms with E-state index < -0.39 is 16.4 Å². The molecule has 0 unspecified atom stereocenters. The first-order valence-electron chi connectivity index (χ1n) is 9.36. The van der Waals surface area contributed by atoms with Crippen LogP contribution in [-0.4, -0.2) is 39.7 Å². The van der Waals surface area contributed by atoms with Crippen molar-refractivity contribution in [1.82, 2.24) is 15.2 Å². The number of carbonyl (C=O) groups is 2. The lowest BCUT2D eigenvalue weighted by Gasteiger charge is -2.29. The zero-order valence-corrected chi connectivity index (χ0v) is 15.9. The van der Waals surface area contributed by atoms with Gasteiger partial charge >= 0.3 is 0 Å². The van der Waals surface area contributed by atoms with E-state index >= 15 is 0 Å². The van der Waals surface area contributed by atoms with E-state index in [1.54, 1.807) is 4.90 Å². The van der Waals surface area contributed by atoms with Gasteiger partial charge < -0.3 is 15.2 Å². The minimum atomic E-state index is -0.641. The van der Waals surface area contributed by atoms with Gasteiger partial charge in [-0.25, -0.2) is 0 Å². The first kappa shape index (κ1) is 19.3. The highest BCUT2D eigenvalue weighted by Crippen LogP contribution is 2.22. The summed E-state index contributed by atoms with van der Waals surface area (Å²) < 4.78 is 0. The number of fused-ring (bicyclic) bond motifs is 2. The van der Waals surface area contributed by atoms with Crippen molar-refractivity contribution in [3.63, 3.8) is 0 Å². The number of non-ortho nitro benzene ring substituents is 1. The van der Waals surface area contributed by atoms with Gasteiger partial charge in [0, 0.05) is 42.2 Å². The van der Waals surface area contributed by atoms with E-state index in [1.165, 1.54) is 23.8 Å². The number of nitrogens with zero attached hydrogens (tertiary/aromatic N) is 2. The zero-order valence-electron chi connectivity index (χ0n) is 15.9. The summed E-state index contributed by atoms with van der Waals surface area (Å²) in [6.45, 7) is 0.807. The van der Waals surface area contributed by atoms with Crippen LogP contribution in [0.2, 0.25) is 0 Å². The van der Waals surface area contributed by atoms with E-state index in [1.807, 2.05) is 24.3 Å². The largest absolute Gasteiger partial charge is 0.343 e. The summed E-state index contributed by atoms with van der Waals surface area (Å²) in [5, 5.41) is 13.8. The van der Waals surface area contributed by atoms with Crippen molar-refractivity contribution in [2.45, 2.75) is 13.0 Å². The Balaban J connectivity index is 1.51. The third kappa shape index (κ3) is 3.77. The molecule has 9 nitrogen and oxygen atoms in total. The van der Waals surface area contributed by atoms with Gasteiger partial charge in [-0.1, -0.05) is 24.3 Å². The number of H-pyrrole nitrogens is 1. The normalized spacial score (nSPS) is 13.0. The summed E-state index contributed by atoms with van der Waals surface area (Å²) in [4.78, 5) is 51.8. The van der Waals surface area contributed by atoms with E-state index in [2.05, 4.69) is 10.3 Å². The number of hydrogen-bond acceptors (Lipinski definition) is 5. The molecule has 0 saturated heterocycles. The van der Waals surface area contributed by atoms with Crippen LogP contribution >= 0.6 is 0 Å². The molecule has 9 heteroatoms. The Bertz CT molecular complexity index is 1230. The van der Waals surface area contributed by atoms with Gasteiger partial charge in [0.25, 0.3) is 11.6 Å². The maximum atomic E-state index is 12.7. The predicted molar refractivity (Wildman–Crippen MR) is 109 cm³/mol. The fourth-order valence-corrected chi connectivity index (χ4v) is 3.61. The average molecular weight is 406 g/mol. The molecule has 0 bridgehead atoms. The lowest BCUT2D eigenvalue weighted by atomic mass is 10.00. The van der Waals surface area contributed by atoms with Crippen LogP contribution in [0.3, 0.4) is 0 Å². The Morgan fingerprint density at radius 1 is 1.13 bits per heavy atom. The Labute approximate surface area is 170 Å². The summed E-state index contributed by atoms with van der Waals surface area (Å²) >= 11 is 0. The molecule has 30 heavy (non-hydrogen) atoms. The number of nitrogens with one attached hydrogen (secondary N) is 2. The molecule has 2 heterocycles. The van der Waals surface area contributed by atoms with Crippen molar-refractivity contribution in [2.24, 2.45) is 0 Å². The van der Waals surface area contributed by atoms with Gasteiger partial charge in [-0.3, -0.25) is 24.5 Å². The molecule has 0 fully saturated rings. The molecule has 0 atom stereocenters. The van der Waals surface area contributed by atoms with E-state index in [9.17, 15) is 24.5 Å². The Morgan fingerprint density at radius 2 is 1.90 bits per heavy atom. The van der Waals surface area contributed by atoms with E-state index in [-0.39, 0.29) is 29.1 Å². The topological polar surface area (TPSA) is 125 Å². The third-order valence-corrected chi connectivity index (χ3v) is 5.17. The van der Waals surface area contributed by atoms with Crippen molar-refractivity contribution in [1.29, 1.82) is 0 Å². The highest BCUT2D eigenvalue weighted by molar-refractivity contribution is 6.07. The van der Waals surface area contributed by atoms with Gasteiger partial charge in [0.1, 0.15) is 0 Å². The first-order valence-corrected chi connectivity index (χ1v) is 9.36. The van der Waals surface area contributed by atoms with Crippen molar-refractivity contribution in [2.75, 3.05) is 13.1 Å². The molecule has 0 spiro atoms. The third-order valence-electron chi connectivity index (χ3n) is 5.17. The second-order valence-corrected chi connectivity index (χ2v) is 7.05. The van der Waals surface area contributed by atoms with Gasteiger partial charge in [0.15, 0.2) is 0 Å². The second kappa shape index (κ2) is 7.78. The predicted octanol–water partition coefficient (Wildman–Crippen LogP) is 1.75. The van der Waals surface area contributed by atoms with Crippen LogP contribution in [0.25, 0.3) is 10.9 Å². The monoisotopic (exact) mass is 406 g/mol. The fourth-order valence-electron chi connectivity index (χ4n) is 3.61.